The van der Waals surface area contributed by atoms with Crippen LogP contribution < -0.4 is 4.74 Å². The minimum atomic E-state index is -0.942. The van der Waals surface area contributed by atoms with Crippen LogP contribution in [-0.2, 0) is 20.0 Å². The number of aromatic nitrogens is 3. The zero-order chi connectivity index (χ0) is 30.3. The summed E-state index contributed by atoms with van der Waals surface area (Å²) in [5.74, 6) is -0.119. The van der Waals surface area contributed by atoms with Crippen LogP contribution in [-0.4, -0.2) is 32.0 Å². The second kappa shape index (κ2) is 11.9. The first-order valence-electron chi connectivity index (χ1n) is 14.0. The maximum Gasteiger partial charge on any atom is 0.335 e. The molecule has 0 aliphatic carbocycles. The summed E-state index contributed by atoms with van der Waals surface area (Å²) in [7, 11) is 1.94. The number of benzene rings is 3. The summed E-state index contributed by atoms with van der Waals surface area (Å²) in [4.78, 5) is 11.7. The van der Waals surface area contributed by atoms with Gasteiger partial charge in [-0.25, -0.2) is 4.79 Å². The molecular weight excluding hydrogens is 569 g/mol. The van der Waals surface area contributed by atoms with Crippen molar-refractivity contribution >= 4 is 40.1 Å². The fraction of sp³-hybridized carbons (Fsp3) is 0.294. The Morgan fingerprint density at radius 1 is 0.952 bits per heavy atom. The lowest BCUT2D eigenvalue weighted by Gasteiger charge is -2.14. The fourth-order valence-electron chi connectivity index (χ4n) is 5.92. The molecule has 0 saturated carbocycles. The lowest BCUT2D eigenvalue weighted by Crippen LogP contribution is -2.06. The molecule has 0 bridgehead atoms. The average molecular weight is 605 g/mol. The number of carboxylic acid groups (broad SMARTS) is 1. The molecule has 8 heteroatoms. The van der Waals surface area contributed by atoms with E-state index in [1.807, 2.05) is 56.8 Å². The first kappa shape index (κ1) is 29.7. The van der Waals surface area contributed by atoms with E-state index in [1.54, 1.807) is 18.2 Å². The van der Waals surface area contributed by atoms with Gasteiger partial charge < -0.3 is 14.4 Å². The van der Waals surface area contributed by atoms with Crippen LogP contribution in [0.25, 0.3) is 22.0 Å². The van der Waals surface area contributed by atoms with Crippen molar-refractivity contribution in [3.05, 3.63) is 103 Å². The molecule has 0 fully saturated rings. The maximum absolute atomic E-state index is 11.7. The Hall–Kier alpha value is -3.74. The number of halogens is 2. The molecule has 0 atom stereocenters. The molecular formula is C34H35Cl2N3O3. The quantitative estimate of drug-likeness (QED) is 0.171. The van der Waals surface area contributed by atoms with Crippen LogP contribution in [0.5, 0.6) is 5.75 Å². The van der Waals surface area contributed by atoms with Gasteiger partial charge in [0.25, 0.3) is 0 Å². The highest BCUT2D eigenvalue weighted by molar-refractivity contribution is 6.35. The number of hydrogen-bond donors (Lipinski definition) is 1. The summed E-state index contributed by atoms with van der Waals surface area (Å²) in [6.45, 7) is 11.2. The second-order valence-corrected chi connectivity index (χ2v) is 11.8. The van der Waals surface area contributed by atoms with Crippen LogP contribution >= 0.6 is 23.2 Å². The monoisotopic (exact) mass is 603 g/mol. The van der Waals surface area contributed by atoms with E-state index in [9.17, 15) is 9.90 Å². The van der Waals surface area contributed by atoms with E-state index in [2.05, 4.69) is 29.6 Å². The van der Waals surface area contributed by atoms with Crippen molar-refractivity contribution in [3.8, 4) is 16.9 Å². The number of carbonyl (C=O) groups is 1. The van der Waals surface area contributed by atoms with Crippen molar-refractivity contribution in [1.29, 1.82) is 0 Å². The van der Waals surface area contributed by atoms with E-state index in [-0.39, 0.29) is 5.56 Å². The molecule has 1 N–H and O–H groups in total. The molecule has 218 valence electrons. The number of carboxylic acids is 1. The predicted molar refractivity (Wildman–Crippen MR) is 171 cm³/mol. The Bertz CT molecular complexity index is 1810. The molecule has 0 radical (unpaired) electrons. The minimum Gasteiger partial charge on any atom is -0.494 e. The van der Waals surface area contributed by atoms with Crippen LogP contribution in [0.4, 0.5) is 0 Å². The van der Waals surface area contributed by atoms with Gasteiger partial charge in [0, 0.05) is 46.5 Å². The van der Waals surface area contributed by atoms with Gasteiger partial charge in [0.1, 0.15) is 5.75 Å². The third kappa shape index (κ3) is 5.53. The van der Waals surface area contributed by atoms with E-state index in [1.165, 1.54) is 5.56 Å². The summed E-state index contributed by atoms with van der Waals surface area (Å²) < 4.78 is 10.3. The highest BCUT2D eigenvalue weighted by Gasteiger charge is 2.24. The van der Waals surface area contributed by atoms with E-state index < -0.39 is 5.97 Å². The largest absolute Gasteiger partial charge is 0.494 e. The normalized spacial score (nSPS) is 11.4. The summed E-state index contributed by atoms with van der Waals surface area (Å²) in [6, 6.07) is 15.1. The Kier molecular flexibility index (Phi) is 8.40. The summed E-state index contributed by atoms with van der Waals surface area (Å²) in [5.41, 5.74) is 10.5. The lowest BCUT2D eigenvalue weighted by atomic mass is 9.98. The standard InChI is InChI=1S/C34H35Cl2N3O3/c1-19-15-26(16-20(2)32(19)36)42-14-8-11-27-22(4)39(18-24-9-7-10-25(17-24)34(40)41)33-28(27)12-13-29(35)31(33)30-21(3)37-38(6)23(30)5/h7,9-10,12-13,15-17H,8,11,14,18H2,1-6H3,(H,40,41). The zero-order valence-electron chi connectivity index (χ0n) is 24.8. The zero-order valence-corrected chi connectivity index (χ0v) is 26.3. The second-order valence-electron chi connectivity index (χ2n) is 11.0. The predicted octanol–water partition coefficient (Wildman–Crippen LogP) is 8.65. The number of hydrogen-bond acceptors (Lipinski definition) is 3. The van der Waals surface area contributed by atoms with Gasteiger partial charge in [-0.3, -0.25) is 4.68 Å². The molecule has 0 unspecified atom stereocenters. The smallest absolute Gasteiger partial charge is 0.335 e. The van der Waals surface area contributed by atoms with Gasteiger partial charge in [-0.15, -0.1) is 0 Å². The van der Waals surface area contributed by atoms with Crippen LogP contribution in [0.1, 0.15) is 56.1 Å². The third-order valence-electron chi connectivity index (χ3n) is 8.09. The van der Waals surface area contributed by atoms with Crippen LogP contribution in [0, 0.1) is 34.6 Å². The van der Waals surface area contributed by atoms with Crippen molar-refractivity contribution in [2.45, 2.75) is 54.0 Å². The van der Waals surface area contributed by atoms with Gasteiger partial charge in [-0.1, -0.05) is 41.4 Å². The Morgan fingerprint density at radius 2 is 1.67 bits per heavy atom. The number of nitrogens with zero attached hydrogens (tertiary/aromatic N) is 3. The van der Waals surface area contributed by atoms with Crippen LogP contribution in [0.15, 0.2) is 48.5 Å². The topological polar surface area (TPSA) is 69.3 Å². The summed E-state index contributed by atoms with van der Waals surface area (Å²) >= 11 is 13.3. The number of fused-ring (bicyclic) bond motifs is 1. The minimum absolute atomic E-state index is 0.267. The average Bonchev–Trinajstić information content (AvgIpc) is 3.35. The molecule has 0 aliphatic rings. The highest BCUT2D eigenvalue weighted by atomic mass is 35.5. The number of rotatable bonds is 9. The Labute approximate surface area is 256 Å². The van der Waals surface area contributed by atoms with Crippen molar-refractivity contribution in [2.75, 3.05) is 6.61 Å². The maximum atomic E-state index is 11.7. The van der Waals surface area contributed by atoms with E-state index >= 15 is 0 Å². The Morgan fingerprint density at radius 3 is 2.31 bits per heavy atom. The third-order valence-corrected chi connectivity index (χ3v) is 9.00. The van der Waals surface area contributed by atoms with Crippen LogP contribution in [0.3, 0.4) is 0 Å². The molecule has 0 aliphatic heterocycles. The number of ether oxygens (including phenoxy) is 1. The molecule has 0 spiro atoms. The van der Waals surface area contributed by atoms with Gasteiger partial charge in [0.2, 0.25) is 0 Å². The molecule has 6 nitrogen and oxygen atoms in total. The molecule has 2 aromatic heterocycles. The number of aromatic carboxylic acids is 1. The van der Waals surface area contributed by atoms with E-state index in [4.69, 9.17) is 27.9 Å². The van der Waals surface area contributed by atoms with E-state index in [0.29, 0.717) is 18.2 Å². The van der Waals surface area contributed by atoms with Gasteiger partial charge in [0.15, 0.2) is 0 Å². The molecule has 5 aromatic rings. The first-order chi connectivity index (χ1) is 20.0. The fourth-order valence-corrected chi connectivity index (χ4v) is 6.27. The molecule has 42 heavy (non-hydrogen) atoms. The van der Waals surface area contributed by atoms with Gasteiger partial charge in [-0.2, -0.15) is 5.10 Å². The SMILES string of the molecule is Cc1cc(OCCCc2c(C)n(Cc3cccc(C(=O)O)c3)c3c(-c4c(C)nn(C)c4C)c(Cl)ccc23)cc(C)c1Cl. The molecule has 2 heterocycles. The van der Waals surface area contributed by atoms with Crippen molar-refractivity contribution in [3.63, 3.8) is 0 Å². The van der Waals surface area contributed by atoms with Crippen molar-refractivity contribution in [2.24, 2.45) is 7.05 Å². The molecule has 5 rings (SSSR count). The van der Waals surface area contributed by atoms with Crippen LogP contribution in [0.2, 0.25) is 10.0 Å². The molecule has 0 amide bonds. The molecule has 0 saturated heterocycles. The summed E-state index contributed by atoms with van der Waals surface area (Å²) in [5, 5.41) is 16.8. The highest BCUT2D eigenvalue weighted by Crippen LogP contribution is 2.42. The van der Waals surface area contributed by atoms with Gasteiger partial charge >= 0.3 is 5.97 Å². The first-order valence-corrected chi connectivity index (χ1v) is 14.8. The number of aryl methyl sites for hydroxylation is 5. The van der Waals surface area contributed by atoms with Gasteiger partial charge in [-0.05, 0) is 100 Å². The van der Waals surface area contributed by atoms with Crippen molar-refractivity contribution < 1.29 is 14.6 Å². The van der Waals surface area contributed by atoms with E-state index in [0.717, 1.165) is 79.4 Å². The lowest BCUT2D eigenvalue weighted by molar-refractivity contribution is 0.0696. The summed E-state index contributed by atoms with van der Waals surface area (Å²) in [6.07, 6.45) is 1.63. The Balaban J connectivity index is 1.58. The van der Waals surface area contributed by atoms with Gasteiger partial charge in [0.05, 0.1) is 28.4 Å². The van der Waals surface area contributed by atoms with Crippen molar-refractivity contribution in [1.82, 2.24) is 14.3 Å². The molecule has 3 aromatic carbocycles.